The standard InChI is InChI=1S/C16H20ClF3N2O3/c1-15(2,3)25-14(23)22-6-4-5-11(9-22)24-13-12(17)7-10(8-21-13)16(18,19)20/h7-8,11H,4-6,9H2,1-3H3. The number of hydrogen-bond donors (Lipinski definition) is 0. The summed E-state index contributed by atoms with van der Waals surface area (Å²) in [5.74, 6) is -0.0781. The molecule has 1 aromatic rings. The summed E-state index contributed by atoms with van der Waals surface area (Å²) in [5.41, 5.74) is -1.55. The number of amides is 1. The lowest BCUT2D eigenvalue weighted by Crippen LogP contribution is -2.46. The molecule has 1 aliphatic heterocycles. The largest absolute Gasteiger partial charge is 0.471 e. The fourth-order valence-electron chi connectivity index (χ4n) is 2.35. The normalized spacial score (nSPS) is 18.8. The fraction of sp³-hybridized carbons (Fsp3) is 0.625. The van der Waals surface area contributed by atoms with Crippen LogP contribution in [0.5, 0.6) is 5.88 Å². The van der Waals surface area contributed by atoms with E-state index in [1.165, 1.54) is 4.90 Å². The molecule has 0 N–H and O–H groups in total. The Morgan fingerprint density at radius 3 is 2.60 bits per heavy atom. The number of carbonyl (C=O) groups excluding carboxylic acids is 1. The lowest BCUT2D eigenvalue weighted by Gasteiger charge is -2.34. The highest BCUT2D eigenvalue weighted by molar-refractivity contribution is 6.31. The van der Waals surface area contributed by atoms with Gasteiger partial charge >= 0.3 is 12.3 Å². The molecule has 1 unspecified atom stereocenters. The van der Waals surface area contributed by atoms with Crippen molar-refractivity contribution in [2.45, 2.75) is 51.5 Å². The summed E-state index contributed by atoms with van der Waals surface area (Å²) in [7, 11) is 0. The van der Waals surface area contributed by atoms with Crippen LogP contribution in [0.2, 0.25) is 5.02 Å². The average Bonchev–Trinajstić information content (AvgIpc) is 2.47. The summed E-state index contributed by atoms with van der Waals surface area (Å²) < 4.78 is 48.8. The van der Waals surface area contributed by atoms with E-state index >= 15 is 0 Å². The highest BCUT2D eigenvalue weighted by Crippen LogP contribution is 2.33. The minimum absolute atomic E-state index is 0.0781. The van der Waals surface area contributed by atoms with Gasteiger partial charge in [0.15, 0.2) is 0 Å². The third-order valence-electron chi connectivity index (χ3n) is 3.44. The maximum absolute atomic E-state index is 12.6. The molecule has 1 fully saturated rings. The molecule has 0 spiro atoms. The van der Waals surface area contributed by atoms with Gasteiger partial charge in [-0.2, -0.15) is 13.2 Å². The summed E-state index contributed by atoms with van der Waals surface area (Å²) in [6.45, 7) is 6.11. The molecule has 0 bridgehead atoms. The van der Waals surface area contributed by atoms with Crippen LogP contribution >= 0.6 is 11.6 Å². The molecule has 9 heteroatoms. The molecule has 25 heavy (non-hydrogen) atoms. The summed E-state index contributed by atoms with van der Waals surface area (Å²) in [5, 5.41) is -0.218. The molecule has 2 heterocycles. The van der Waals surface area contributed by atoms with Crippen molar-refractivity contribution in [3.63, 3.8) is 0 Å². The summed E-state index contributed by atoms with van der Waals surface area (Å²) in [4.78, 5) is 17.3. The average molecular weight is 381 g/mol. The Labute approximate surface area is 149 Å². The second kappa shape index (κ2) is 7.27. The zero-order valence-electron chi connectivity index (χ0n) is 14.2. The van der Waals surface area contributed by atoms with Gasteiger partial charge in [-0.1, -0.05) is 11.6 Å². The van der Waals surface area contributed by atoms with Crippen LogP contribution < -0.4 is 4.74 Å². The Balaban J connectivity index is 2.02. The van der Waals surface area contributed by atoms with E-state index in [0.29, 0.717) is 25.6 Å². The van der Waals surface area contributed by atoms with Gasteiger partial charge < -0.3 is 14.4 Å². The number of halogens is 4. The zero-order valence-corrected chi connectivity index (χ0v) is 14.9. The monoisotopic (exact) mass is 380 g/mol. The Hall–Kier alpha value is -1.70. The Bertz CT molecular complexity index is 632. The fourth-order valence-corrected chi connectivity index (χ4v) is 2.56. The molecule has 2 rings (SSSR count). The van der Waals surface area contributed by atoms with Crippen molar-refractivity contribution in [3.05, 3.63) is 22.8 Å². The number of alkyl halides is 3. The van der Waals surface area contributed by atoms with Gasteiger partial charge in [-0.25, -0.2) is 9.78 Å². The zero-order chi connectivity index (χ0) is 18.8. The van der Waals surface area contributed by atoms with Crippen LogP contribution in [0, 0.1) is 0 Å². The number of likely N-dealkylation sites (tertiary alicyclic amines) is 1. The number of carbonyl (C=O) groups is 1. The van der Waals surface area contributed by atoms with Gasteiger partial charge in [-0.05, 0) is 39.7 Å². The molecule has 0 aliphatic carbocycles. The minimum Gasteiger partial charge on any atom is -0.471 e. The van der Waals surface area contributed by atoms with Crippen LogP contribution in [0.25, 0.3) is 0 Å². The van der Waals surface area contributed by atoms with Crippen LogP contribution in [0.4, 0.5) is 18.0 Å². The van der Waals surface area contributed by atoms with Gasteiger partial charge in [0.05, 0.1) is 12.1 Å². The van der Waals surface area contributed by atoms with Crippen LogP contribution in [-0.4, -0.2) is 40.8 Å². The van der Waals surface area contributed by atoms with Gasteiger partial charge in [0.1, 0.15) is 16.7 Å². The number of nitrogens with zero attached hydrogens (tertiary/aromatic N) is 2. The molecule has 5 nitrogen and oxygen atoms in total. The van der Waals surface area contributed by atoms with Gasteiger partial charge in [0.2, 0.25) is 5.88 Å². The second-order valence-electron chi connectivity index (χ2n) is 6.82. The smallest absolute Gasteiger partial charge is 0.417 e. The molecule has 1 amide bonds. The molecule has 1 atom stereocenters. The van der Waals surface area contributed by atoms with Gasteiger partial charge in [0.25, 0.3) is 0 Å². The molecule has 1 saturated heterocycles. The van der Waals surface area contributed by atoms with E-state index in [4.69, 9.17) is 21.1 Å². The van der Waals surface area contributed by atoms with Crippen LogP contribution in [-0.2, 0) is 10.9 Å². The van der Waals surface area contributed by atoms with Crippen LogP contribution in [0.15, 0.2) is 12.3 Å². The van der Waals surface area contributed by atoms with E-state index in [2.05, 4.69) is 4.98 Å². The van der Waals surface area contributed by atoms with Crippen LogP contribution in [0.1, 0.15) is 39.2 Å². The molecular formula is C16H20ClF3N2O3. The van der Waals surface area contributed by atoms with Crippen molar-refractivity contribution in [2.24, 2.45) is 0 Å². The maximum atomic E-state index is 12.6. The number of rotatable bonds is 2. The van der Waals surface area contributed by atoms with E-state index in [9.17, 15) is 18.0 Å². The Kier molecular flexibility index (Phi) is 5.71. The third-order valence-corrected chi connectivity index (χ3v) is 3.71. The first-order chi connectivity index (χ1) is 11.5. The van der Waals surface area contributed by atoms with Crippen molar-refractivity contribution >= 4 is 17.7 Å². The first kappa shape index (κ1) is 19.6. The summed E-state index contributed by atoms with van der Waals surface area (Å²) >= 11 is 5.85. The highest BCUT2D eigenvalue weighted by Gasteiger charge is 2.33. The summed E-state index contributed by atoms with van der Waals surface area (Å²) in [6, 6.07) is 0.776. The van der Waals surface area contributed by atoms with Crippen molar-refractivity contribution in [1.29, 1.82) is 0 Å². The number of aromatic nitrogens is 1. The van der Waals surface area contributed by atoms with E-state index < -0.39 is 29.5 Å². The number of ether oxygens (including phenoxy) is 2. The van der Waals surface area contributed by atoms with E-state index in [-0.39, 0.29) is 17.4 Å². The van der Waals surface area contributed by atoms with E-state index in [1.54, 1.807) is 20.8 Å². The lowest BCUT2D eigenvalue weighted by molar-refractivity contribution is -0.137. The van der Waals surface area contributed by atoms with Gasteiger partial charge in [-0.3, -0.25) is 0 Å². The first-order valence-electron chi connectivity index (χ1n) is 7.83. The second-order valence-corrected chi connectivity index (χ2v) is 7.22. The number of piperidine rings is 1. The lowest BCUT2D eigenvalue weighted by atomic mass is 10.1. The molecule has 0 saturated carbocycles. The molecule has 0 radical (unpaired) electrons. The molecule has 0 aromatic carbocycles. The SMILES string of the molecule is CC(C)(C)OC(=O)N1CCCC(Oc2ncc(C(F)(F)F)cc2Cl)C1. The van der Waals surface area contributed by atoms with Crippen molar-refractivity contribution in [2.75, 3.05) is 13.1 Å². The quantitative estimate of drug-likeness (QED) is 0.756. The Morgan fingerprint density at radius 2 is 2.04 bits per heavy atom. The van der Waals surface area contributed by atoms with Crippen LogP contribution in [0.3, 0.4) is 0 Å². The predicted octanol–water partition coefficient (Wildman–Crippen LogP) is 4.53. The topological polar surface area (TPSA) is 51.7 Å². The number of hydrogen-bond acceptors (Lipinski definition) is 4. The maximum Gasteiger partial charge on any atom is 0.417 e. The van der Waals surface area contributed by atoms with Gasteiger partial charge in [0, 0.05) is 12.7 Å². The third kappa shape index (κ3) is 5.66. The molecule has 1 aliphatic rings. The number of pyridine rings is 1. The summed E-state index contributed by atoms with van der Waals surface area (Å²) in [6.07, 6.45) is -3.39. The molecule has 1 aromatic heterocycles. The van der Waals surface area contributed by atoms with E-state index in [1.807, 2.05) is 0 Å². The van der Waals surface area contributed by atoms with Crippen molar-refractivity contribution in [3.8, 4) is 5.88 Å². The highest BCUT2D eigenvalue weighted by atomic mass is 35.5. The molecule has 140 valence electrons. The predicted molar refractivity (Wildman–Crippen MR) is 85.7 cm³/mol. The first-order valence-corrected chi connectivity index (χ1v) is 8.21. The van der Waals surface area contributed by atoms with Crippen molar-refractivity contribution in [1.82, 2.24) is 9.88 Å². The Morgan fingerprint density at radius 1 is 1.36 bits per heavy atom. The molecular weight excluding hydrogens is 361 g/mol. The minimum atomic E-state index is -4.52. The van der Waals surface area contributed by atoms with Gasteiger partial charge in [-0.15, -0.1) is 0 Å². The van der Waals surface area contributed by atoms with Crippen molar-refractivity contribution < 1.29 is 27.4 Å². The van der Waals surface area contributed by atoms with E-state index in [0.717, 1.165) is 6.07 Å².